The molecular formula is C7H15NO. The largest absolute Gasteiger partial charge is 0.393 e. The van der Waals surface area contributed by atoms with Crippen LogP contribution in [0.25, 0.3) is 0 Å². The molecule has 0 unspecified atom stereocenters. The van der Waals surface area contributed by atoms with Gasteiger partial charge in [-0.3, -0.25) is 0 Å². The van der Waals surface area contributed by atoms with Crippen LogP contribution in [0.3, 0.4) is 0 Å². The molecule has 1 fully saturated rings. The summed E-state index contributed by atoms with van der Waals surface area (Å²) >= 11 is 0. The van der Waals surface area contributed by atoms with Gasteiger partial charge < -0.3 is 10.0 Å². The van der Waals surface area contributed by atoms with Gasteiger partial charge in [-0.25, -0.2) is 0 Å². The van der Waals surface area contributed by atoms with E-state index in [0.717, 1.165) is 32.4 Å². The number of hydrogen-bond donors (Lipinski definition) is 1. The van der Waals surface area contributed by atoms with Crippen molar-refractivity contribution in [1.82, 2.24) is 4.90 Å². The maximum absolute atomic E-state index is 9.18. The molecule has 2 heteroatoms. The van der Waals surface area contributed by atoms with Crippen LogP contribution in [0.2, 0.25) is 0 Å². The number of rotatable bonds is 0. The predicted octanol–water partition coefficient (Wildman–Crippen LogP) is 0.463. The molecule has 1 rings (SSSR count). The van der Waals surface area contributed by atoms with Crippen LogP contribution < -0.4 is 0 Å². The summed E-state index contributed by atoms with van der Waals surface area (Å²) in [7, 11) is 2.11. The first-order chi connectivity index (χ1) is 4.29. The normalized spacial score (nSPS) is 32.0. The zero-order chi connectivity index (χ0) is 6.69. The fourth-order valence-corrected chi connectivity index (χ4v) is 1.22. The van der Waals surface area contributed by atoms with Gasteiger partial charge in [-0.05, 0) is 32.9 Å². The summed E-state index contributed by atoms with van der Waals surface area (Å²) in [4.78, 5) is 2.27. The van der Waals surface area contributed by atoms with Crippen molar-refractivity contribution >= 4 is 0 Å². The van der Waals surface area contributed by atoms with Crippen LogP contribution in [0, 0.1) is 0 Å². The second-order valence-corrected chi connectivity index (χ2v) is 2.89. The van der Waals surface area contributed by atoms with Gasteiger partial charge >= 0.3 is 0 Å². The highest BCUT2D eigenvalue weighted by molar-refractivity contribution is 4.65. The molecule has 0 saturated carbocycles. The minimum atomic E-state index is -0.0325. The van der Waals surface area contributed by atoms with Gasteiger partial charge in [0.15, 0.2) is 0 Å². The second-order valence-electron chi connectivity index (χ2n) is 2.89. The molecule has 0 aromatic carbocycles. The van der Waals surface area contributed by atoms with E-state index in [9.17, 15) is 5.11 Å². The van der Waals surface area contributed by atoms with Gasteiger partial charge in [0.05, 0.1) is 6.10 Å². The highest BCUT2D eigenvalue weighted by atomic mass is 16.3. The van der Waals surface area contributed by atoms with Crippen LogP contribution >= 0.6 is 0 Å². The third kappa shape index (κ3) is 2.33. The van der Waals surface area contributed by atoms with E-state index in [2.05, 4.69) is 11.9 Å². The van der Waals surface area contributed by atoms with Crippen LogP contribution in [0.4, 0.5) is 0 Å². The molecule has 0 aromatic heterocycles. The van der Waals surface area contributed by atoms with E-state index in [4.69, 9.17) is 0 Å². The summed E-state index contributed by atoms with van der Waals surface area (Å²) in [5.74, 6) is 0. The van der Waals surface area contributed by atoms with Gasteiger partial charge in [-0.15, -0.1) is 0 Å². The van der Waals surface area contributed by atoms with Gasteiger partial charge in [-0.1, -0.05) is 0 Å². The van der Waals surface area contributed by atoms with Crippen LogP contribution in [0.15, 0.2) is 0 Å². The van der Waals surface area contributed by atoms with Crippen LogP contribution in [-0.4, -0.2) is 36.2 Å². The minimum Gasteiger partial charge on any atom is -0.393 e. The quantitative estimate of drug-likeness (QED) is 0.513. The molecule has 54 valence electrons. The summed E-state index contributed by atoms with van der Waals surface area (Å²) in [6, 6.07) is 0. The van der Waals surface area contributed by atoms with Crippen molar-refractivity contribution in [2.45, 2.75) is 25.4 Å². The van der Waals surface area contributed by atoms with Crippen molar-refractivity contribution in [3.8, 4) is 0 Å². The summed E-state index contributed by atoms with van der Waals surface area (Å²) in [5.41, 5.74) is 0. The van der Waals surface area contributed by atoms with E-state index >= 15 is 0 Å². The Morgan fingerprint density at radius 1 is 1.33 bits per heavy atom. The molecular weight excluding hydrogens is 114 g/mol. The molecule has 9 heavy (non-hydrogen) atoms. The second kappa shape index (κ2) is 3.18. The van der Waals surface area contributed by atoms with E-state index in [1.165, 1.54) is 0 Å². The SMILES string of the molecule is CN1CCC[C@H](O)CC1. The maximum atomic E-state index is 9.18. The zero-order valence-electron chi connectivity index (χ0n) is 6.01. The van der Waals surface area contributed by atoms with Crippen molar-refractivity contribution in [3.63, 3.8) is 0 Å². The molecule has 0 aromatic rings. The first-order valence-corrected chi connectivity index (χ1v) is 3.65. The van der Waals surface area contributed by atoms with Gasteiger partial charge in [0.2, 0.25) is 0 Å². The monoisotopic (exact) mass is 129 g/mol. The molecule has 1 N–H and O–H groups in total. The van der Waals surface area contributed by atoms with Gasteiger partial charge in [0.1, 0.15) is 0 Å². The molecule has 0 bridgehead atoms. The van der Waals surface area contributed by atoms with E-state index in [-0.39, 0.29) is 6.10 Å². The van der Waals surface area contributed by atoms with E-state index in [0.29, 0.717) is 0 Å². The zero-order valence-corrected chi connectivity index (χ0v) is 6.01. The Kier molecular flexibility index (Phi) is 2.49. The fraction of sp³-hybridized carbons (Fsp3) is 1.00. The number of likely N-dealkylation sites (tertiary alicyclic amines) is 1. The van der Waals surface area contributed by atoms with E-state index < -0.39 is 0 Å². The number of hydrogen-bond acceptors (Lipinski definition) is 2. The van der Waals surface area contributed by atoms with Crippen molar-refractivity contribution in [2.75, 3.05) is 20.1 Å². The highest BCUT2D eigenvalue weighted by Crippen LogP contribution is 2.08. The lowest BCUT2D eigenvalue weighted by Crippen LogP contribution is -2.19. The molecule has 1 atom stereocenters. The minimum absolute atomic E-state index is 0.0325. The standard InChI is InChI=1S/C7H15NO/c1-8-5-2-3-7(9)4-6-8/h7,9H,2-6H2,1H3/t7-/m0/s1. The van der Waals surface area contributed by atoms with Gasteiger partial charge in [0.25, 0.3) is 0 Å². The van der Waals surface area contributed by atoms with Crippen molar-refractivity contribution in [1.29, 1.82) is 0 Å². The average Bonchev–Trinajstić information content (AvgIpc) is 1.97. The fourth-order valence-electron chi connectivity index (χ4n) is 1.22. The highest BCUT2D eigenvalue weighted by Gasteiger charge is 2.10. The number of aliphatic hydroxyl groups excluding tert-OH is 1. The summed E-state index contributed by atoms with van der Waals surface area (Å²) in [5, 5.41) is 9.18. The Morgan fingerprint density at radius 3 is 2.89 bits per heavy atom. The topological polar surface area (TPSA) is 23.5 Å². The maximum Gasteiger partial charge on any atom is 0.0553 e. The Bertz CT molecular complexity index is 75.0. The lowest BCUT2D eigenvalue weighted by molar-refractivity contribution is 0.157. The molecule has 2 nitrogen and oxygen atoms in total. The Hall–Kier alpha value is -0.0800. The average molecular weight is 129 g/mol. The molecule has 1 heterocycles. The Labute approximate surface area is 56.5 Å². The van der Waals surface area contributed by atoms with Crippen LogP contribution in [0.5, 0.6) is 0 Å². The first-order valence-electron chi connectivity index (χ1n) is 3.65. The van der Waals surface area contributed by atoms with Gasteiger partial charge in [-0.2, -0.15) is 0 Å². The van der Waals surface area contributed by atoms with Crippen molar-refractivity contribution in [3.05, 3.63) is 0 Å². The van der Waals surface area contributed by atoms with Crippen LogP contribution in [0.1, 0.15) is 19.3 Å². The van der Waals surface area contributed by atoms with Crippen LogP contribution in [-0.2, 0) is 0 Å². The molecule has 0 radical (unpaired) electrons. The van der Waals surface area contributed by atoms with E-state index in [1.54, 1.807) is 0 Å². The van der Waals surface area contributed by atoms with Gasteiger partial charge in [0, 0.05) is 6.54 Å². The first kappa shape index (κ1) is 7.03. The summed E-state index contributed by atoms with van der Waals surface area (Å²) < 4.78 is 0. The third-order valence-corrected chi connectivity index (χ3v) is 1.92. The molecule has 0 aliphatic carbocycles. The summed E-state index contributed by atoms with van der Waals surface area (Å²) in [6.45, 7) is 2.21. The van der Waals surface area contributed by atoms with E-state index in [1.807, 2.05) is 0 Å². The molecule has 0 amide bonds. The Balaban J connectivity index is 2.25. The number of nitrogens with zero attached hydrogens (tertiary/aromatic N) is 1. The molecule has 1 aliphatic rings. The third-order valence-electron chi connectivity index (χ3n) is 1.92. The lowest BCUT2D eigenvalue weighted by atomic mass is 10.2. The molecule has 0 spiro atoms. The predicted molar refractivity (Wildman–Crippen MR) is 37.4 cm³/mol. The lowest BCUT2D eigenvalue weighted by Gasteiger charge is -2.10. The molecule has 1 saturated heterocycles. The number of aliphatic hydroxyl groups is 1. The van der Waals surface area contributed by atoms with Crippen molar-refractivity contribution in [2.24, 2.45) is 0 Å². The molecule has 1 aliphatic heterocycles. The summed E-state index contributed by atoms with van der Waals surface area (Å²) in [6.07, 6.45) is 3.06. The van der Waals surface area contributed by atoms with Crippen molar-refractivity contribution < 1.29 is 5.11 Å². The Morgan fingerprint density at radius 2 is 2.11 bits per heavy atom. The smallest absolute Gasteiger partial charge is 0.0553 e.